The van der Waals surface area contributed by atoms with E-state index in [0.29, 0.717) is 53.7 Å². The molecule has 39 heavy (non-hydrogen) atoms. The summed E-state index contributed by atoms with van der Waals surface area (Å²) in [6, 6.07) is 3.61. The van der Waals surface area contributed by atoms with Crippen molar-refractivity contribution in [3.05, 3.63) is 41.1 Å². The van der Waals surface area contributed by atoms with E-state index in [4.69, 9.17) is 18.9 Å². The van der Waals surface area contributed by atoms with Gasteiger partial charge in [0.2, 0.25) is 0 Å². The summed E-state index contributed by atoms with van der Waals surface area (Å²) in [6.07, 6.45) is 11.2. The maximum atomic E-state index is 13.1. The van der Waals surface area contributed by atoms with Crippen molar-refractivity contribution >= 4 is 29.9 Å². The number of carbonyl (C=O) groups excluding carboxylic acids is 2. The Hall–Kier alpha value is -3.50. The summed E-state index contributed by atoms with van der Waals surface area (Å²) in [5, 5.41) is 0. The molecular formula is C29H34N4O6. The zero-order valence-electron chi connectivity index (χ0n) is 22.4. The van der Waals surface area contributed by atoms with Gasteiger partial charge in [0.05, 0.1) is 54.9 Å². The van der Waals surface area contributed by atoms with Crippen LogP contribution in [0.5, 0.6) is 11.5 Å². The van der Waals surface area contributed by atoms with Crippen LogP contribution < -0.4 is 9.47 Å². The fourth-order valence-corrected chi connectivity index (χ4v) is 5.92. The first kappa shape index (κ1) is 25.8. The molecule has 1 aromatic carbocycles. The van der Waals surface area contributed by atoms with E-state index in [-0.39, 0.29) is 36.1 Å². The normalized spacial score (nSPS) is 27.2. The molecular weight excluding hydrogens is 500 g/mol. The van der Waals surface area contributed by atoms with Crippen LogP contribution in [-0.4, -0.2) is 98.9 Å². The minimum absolute atomic E-state index is 0.0104. The molecule has 1 aromatic rings. The predicted molar refractivity (Wildman–Crippen MR) is 145 cm³/mol. The lowest BCUT2D eigenvalue weighted by Crippen LogP contribution is -2.38. The van der Waals surface area contributed by atoms with Crippen LogP contribution in [0.3, 0.4) is 0 Å². The number of hydrogen-bond acceptors (Lipinski definition) is 8. The second-order valence-electron chi connectivity index (χ2n) is 10.4. The molecule has 2 amide bonds. The first-order valence-electron chi connectivity index (χ1n) is 13.7. The van der Waals surface area contributed by atoms with Gasteiger partial charge in [-0.25, -0.2) is 0 Å². The molecule has 1 aliphatic carbocycles. The fourth-order valence-electron chi connectivity index (χ4n) is 5.92. The van der Waals surface area contributed by atoms with Crippen LogP contribution in [-0.2, 0) is 14.3 Å². The molecule has 2 fully saturated rings. The molecule has 4 heterocycles. The number of fused-ring (bicyclic) bond motifs is 4. The van der Waals surface area contributed by atoms with Crippen molar-refractivity contribution < 1.29 is 28.5 Å². The molecule has 0 saturated carbocycles. The molecule has 2 unspecified atom stereocenters. The monoisotopic (exact) mass is 534 g/mol. The van der Waals surface area contributed by atoms with Gasteiger partial charge in [-0.3, -0.25) is 19.6 Å². The molecule has 2 saturated heterocycles. The van der Waals surface area contributed by atoms with E-state index in [2.05, 4.69) is 9.98 Å². The van der Waals surface area contributed by atoms with Gasteiger partial charge in [0.25, 0.3) is 11.8 Å². The molecule has 4 aliphatic heterocycles. The van der Waals surface area contributed by atoms with Crippen LogP contribution in [0, 0.1) is 0 Å². The first-order valence-corrected chi connectivity index (χ1v) is 13.7. The van der Waals surface area contributed by atoms with Crippen molar-refractivity contribution in [3.63, 3.8) is 0 Å². The topological polar surface area (TPSA) is 102 Å². The number of nitrogens with zero attached hydrogens (tertiary/aromatic N) is 4. The van der Waals surface area contributed by atoms with Crippen molar-refractivity contribution in [2.75, 3.05) is 40.5 Å². The number of carbonyl (C=O) groups is 2. The van der Waals surface area contributed by atoms with Gasteiger partial charge in [-0.05, 0) is 43.9 Å². The zero-order chi connectivity index (χ0) is 26.9. The van der Waals surface area contributed by atoms with Crippen molar-refractivity contribution in [2.24, 2.45) is 9.98 Å². The number of hydrogen-bond donors (Lipinski definition) is 0. The average Bonchev–Trinajstić information content (AvgIpc) is 3.58. The van der Waals surface area contributed by atoms with E-state index in [1.165, 1.54) is 0 Å². The van der Waals surface area contributed by atoms with E-state index in [9.17, 15) is 9.59 Å². The van der Waals surface area contributed by atoms with Gasteiger partial charge < -0.3 is 28.7 Å². The van der Waals surface area contributed by atoms with Gasteiger partial charge >= 0.3 is 0 Å². The summed E-state index contributed by atoms with van der Waals surface area (Å²) in [7, 11) is 3.18. The Bertz CT molecular complexity index is 1270. The Balaban J connectivity index is 1.08. The van der Waals surface area contributed by atoms with Gasteiger partial charge in [0.15, 0.2) is 11.5 Å². The summed E-state index contributed by atoms with van der Waals surface area (Å²) in [4.78, 5) is 39.1. The summed E-state index contributed by atoms with van der Waals surface area (Å²) in [6.45, 7) is 2.31. The van der Waals surface area contributed by atoms with Crippen molar-refractivity contribution in [2.45, 2.75) is 56.4 Å². The summed E-state index contributed by atoms with van der Waals surface area (Å²) < 4.78 is 23.3. The van der Waals surface area contributed by atoms with E-state index < -0.39 is 0 Å². The Morgan fingerprint density at radius 2 is 1.62 bits per heavy atom. The molecule has 4 atom stereocenters. The quantitative estimate of drug-likeness (QED) is 0.475. The van der Waals surface area contributed by atoms with Gasteiger partial charge in [-0.15, -0.1) is 0 Å². The molecule has 0 aromatic heterocycles. The maximum Gasteiger partial charge on any atom is 0.256 e. The second-order valence-corrected chi connectivity index (χ2v) is 10.4. The third kappa shape index (κ3) is 4.87. The number of rotatable bonds is 8. The molecule has 0 N–H and O–H groups in total. The third-order valence-electron chi connectivity index (χ3n) is 8.02. The fraction of sp³-hybridized carbons (Fsp3) is 0.517. The average molecular weight is 535 g/mol. The van der Waals surface area contributed by atoms with Gasteiger partial charge in [-0.2, -0.15) is 0 Å². The van der Waals surface area contributed by atoms with Crippen LogP contribution in [0.15, 0.2) is 45.5 Å². The SMILES string of the molecule is COc1cc2c(cc1OCCCOC1C=C3N=C[C@H]4CCCN4C(=O)C3=CC1OC)N=C[C@@H]1CCCN1C2=O. The zero-order valence-corrected chi connectivity index (χ0v) is 22.4. The molecule has 10 heteroatoms. The third-order valence-corrected chi connectivity index (χ3v) is 8.02. The van der Waals surface area contributed by atoms with Crippen LogP contribution in [0.2, 0.25) is 0 Å². The van der Waals surface area contributed by atoms with Crippen molar-refractivity contribution in [1.82, 2.24) is 9.80 Å². The highest BCUT2D eigenvalue weighted by molar-refractivity contribution is 6.03. The molecule has 206 valence electrons. The number of methoxy groups -OCH3 is 2. The lowest BCUT2D eigenvalue weighted by molar-refractivity contribution is -0.126. The van der Waals surface area contributed by atoms with E-state index >= 15 is 0 Å². The molecule has 6 rings (SSSR count). The first-order chi connectivity index (χ1) is 19.1. The van der Waals surface area contributed by atoms with E-state index in [0.717, 1.165) is 38.8 Å². The van der Waals surface area contributed by atoms with E-state index in [1.807, 2.05) is 34.4 Å². The predicted octanol–water partition coefficient (Wildman–Crippen LogP) is 3.08. The minimum atomic E-state index is -0.377. The Kier molecular flexibility index (Phi) is 7.22. The van der Waals surface area contributed by atoms with Crippen LogP contribution >= 0.6 is 0 Å². The van der Waals surface area contributed by atoms with Gasteiger partial charge in [-0.1, -0.05) is 0 Å². The second kappa shape index (κ2) is 10.9. The molecule has 5 aliphatic rings. The Morgan fingerprint density at radius 3 is 2.36 bits per heavy atom. The number of amides is 2. The van der Waals surface area contributed by atoms with Gasteiger partial charge in [0, 0.05) is 45.1 Å². The Morgan fingerprint density at radius 1 is 0.872 bits per heavy atom. The molecule has 10 nitrogen and oxygen atoms in total. The highest BCUT2D eigenvalue weighted by Crippen LogP contribution is 2.38. The number of benzene rings is 1. The lowest BCUT2D eigenvalue weighted by atomic mass is 9.98. The number of aliphatic imine (C=N–C) groups is 2. The van der Waals surface area contributed by atoms with E-state index in [1.54, 1.807) is 26.4 Å². The van der Waals surface area contributed by atoms with Crippen molar-refractivity contribution in [1.29, 1.82) is 0 Å². The number of ether oxygens (including phenoxy) is 4. The van der Waals surface area contributed by atoms with Crippen LogP contribution in [0.1, 0.15) is 42.5 Å². The van der Waals surface area contributed by atoms with Gasteiger partial charge in [0.1, 0.15) is 12.2 Å². The molecule has 0 bridgehead atoms. The maximum absolute atomic E-state index is 13.1. The highest BCUT2D eigenvalue weighted by atomic mass is 16.5. The Labute approximate surface area is 228 Å². The molecule has 0 radical (unpaired) electrons. The lowest BCUT2D eigenvalue weighted by Gasteiger charge is -2.28. The smallest absolute Gasteiger partial charge is 0.256 e. The largest absolute Gasteiger partial charge is 0.493 e. The summed E-state index contributed by atoms with van der Waals surface area (Å²) in [5.74, 6) is 1.03. The minimum Gasteiger partial charge on any atom is -0.493 e. The highest BCUT2D eigenvalue weighted by Gasteiger charge is 2.37. The van der Waals surface area contributed by atoms with Crippen LogP contribution in [0.4, 0.5) is 5.69 Å². The summed E-state index contributed by atoms with van der Waals surface area (Å²) in [5.41, 5.74) is 2.36. The van der Waals surface area contributed by atoms with Crippen LogP contribution in [0.25, 0.3) is 0 Å². The standard InChI is InChI=1S/C29H34N4O6/c1-36-24-12-20-22(30-16-18-6-3-8-32(18)28(20)34)14-26(24)38-10-5-11-39-27-15-23-21(13-25(27)37-2)29(35)33-9-4-7-19(33)17-31-23/h12-19,24,26H,3-11H2,1-2H3/t18-,19+,24?,26?/m1/s1. The van der Waals surface area contributed by atoms with Crippen molar-refractivity contribution in [3.8, 4) is 11.5 Å². The molecule has 0 spiro atoms. The summed E-state index contributed by atoms with van der Waals surface area (Å²) >= 11 is 0.